The summed E-state index contributed by atoms with van der Waals surface area (Å²) in [5.41, 5.74) is 8.71. The molecular formula is C23H29ClN6O2. The number of hydrogen-bond acceptors (Lipinski definition) is 7. The molecule has 2 aromatic rings. The van der Waals surface area contributed by atoms with E-state index in [4.69, 9.17) is 22.1 Å². The quantitative estimate of drug-likeness (QED) is 0.580. The van der Waals surface area contributed by atoms with Crippen LogP contribution in [0.5, 0.6) is 6.01 Å². The number of nitrogens with one attached hydrogen (secondary N) is 1. The van der Waals surface area contributed by atoms with Crippen LogP contribution in [-0.2, 0) is 17.9 Å². The van der Waals surface area contributed by atoms with Crippen LogP contribution in [0.25, 0.3) is 0 Å². The van der Waals surface area contributed by atoms with Crippen LogP contribution < -0.4 is 20.7 Å². The highest BCUT2D eigenvalue weighted by Crippen LogP contribution is 2.34. The Bertz CT molecular complexity index is 1010. The van der Waals surface area contributed by atoms with E-state index < -0.39 is 0 Å². The van der Waals surface area contributed by atoms with Gasteiger partial charge in [-0.15, -0.1) is 0 Å². The number of fused-ring (bicyclic) bond motifs is 1. The maximum absolute atomic E-state index is 12.2. The normalized spacial score (nSPS) is 16.1. The minimum Gasteiger partial charge on any atom is -0.463 e. The molecule has 170 valence electrons. The Hall–Kier alpha value is -2.84. The van der Waals surface area contributed by atoms with Crippen molar-refractivity contribution in [1.82, 2.24) is 14.9 Å². The zero-order chi connectivity index (χ0) is 22.5. The number of carbonyl (C=O) groups excluding carboxylic acids is 1. The number of ether oxygens (including phenoxy) is 1. The van der Waals surface area contributed by atoms with Crippen molar-refractivity contribution < 1.29 is 9.53 Å². The van der Waals surface area contributed by atoms with Gasteiger partial charge in [0.25, 0.3) is 0 Å². The van der Waals surface area contributed by atoms with Gasteiger partial charge in [0.05, 0.1) is 6.61 Å². The summed E-state index contributed by atoms with van der Waals surface area (Å²) in [5.74, 6) is 0.376. The Labute approximate surface area is 193 Å². The summed E-state index contributed by atoms with van der Waals surface area (Å²) in [6, 6.07) is 6.30. The third kappa shape index (κ3) is 5.49. The van der Waals surface area contributed by atoms with Crippen molar-refractivity contribution in [3.05, 3.63) is 46.6 Å². The van der Waals surface area contributed by atoms with Crippen LogP contribution in [-0.4, -0.2) is 40.5 Å². The first-order valence-electron chi connectivity index (χ1n) is 11.1. The van der Waals surface area contributed by atoms with E-state index in [-0.39, 0.29) is 17.7 Å². The number of halogens is 1. The molecule has 0 radical (unpaired) electrons. The predicted octanol–water partition coefficient (Wildman–Crippen LogP) is 3.96. The second-order valence-corrected chi connectivity index (χ2v) is 8.61. The van der Waals surface area contributed by atoms with Crippen molar-refractivity contribution in [2.24, 2.45) is 0 Å². The topological polar surface area (TPSA) is 96.6 Å². The van der Waals surface area contributed by atoms with Gasteiger partial charge in [0, 0.05) is 30.4 Å². The van der Waals surface area contributed by atoms with Gasteiger partial charge in [-0.1, -0.05) is 31.0 Å². The number of nitrogens with zero attached hydrogens (tertiary/aromatic N) is 4. The molecule has 1 aromatic carbocycles. The molecule has 1 amide bonds. The fraction of sp³-hybridized carbons (Fsp3) is 0.435. The van der Waals surface area contributed by atoms with Crippen molar-refractivity contribution >= 4 is 34.8 Å². The molecule has 0 unspecified atom stereocenters. The zero-order valence-corrected chi connectivity index (χ0v) is 19.1. The molecule has 8 nitrogen and oxygen atoms in total. The van der Waals surface area contributed by atoms with Crippen LogP contribution in [0, 0.1) is 0 Å². The van der Waals surface area contributed by atoms with Gasteiger partial charge in [-0.2, -0.15) is 9.97 Å². The monoisotopic (exact) mass is 456 g/mol. The number of benzene rings is 1. The van der Waals surface area contributed by atoms with Crippen LogP contribution in [0.2, 0.25) is 5.02 Å². The molecule has 32 heavy (non-hydrogen) atoms. The van der Waals surface area contributed by atoms with Crippen molar-refractivity contribution in [3.63, 3.8) is 0 Å². The highest BCUT2D eigenvalue weighted by molar-refractivity contribution is 6.30. The second-order valence-electron chi connectivity index (χ2n) is 8.18. The standard InChI is InChI=1S/C23H29ClN6O2/c1-2-3-10-32-23-27-21(25)20-22(28-23)30(9-6-19(31)26-20)15-17-11-16(12-18(24)13-17)14-29-7-4-5-8-29/h6,9,11-13H,2-5,7-8,10,14-15H2,1H3,(H,26,31)(H2,25,27,28). The number of unbranched alkanes of at least 4 members (excludes halogenated alkanes) is 1. The van der Waals surface area contributed by atoms with Crippen molar-refractivity contribution in [3.8, 4) is 6.01 Å². The van der Waals surface area contributed by atoms with Gasteiger partial charge in [-0.25, -0.2) is 0 Å². The van der Waals surface area contributed by atoms with Gasteiger partial charge in [-0.05, 0) is 55.6 Å². The number of aromatic nitrogens is 2. The number of amides is 1. The lowest BCUT2D eigenvalue weighted by atomic mass is 10.1. The summed E-state index contributed by atoms with van der Waals surface area (Å²) in [6.45, 7) is 6.18. The molecule has 3 heterocycles. The molecule has 9 heteroatoms. The smallest absolute Gasteiger partial charge is 0.320 e. The second kappa shape index (κ2) is 10.2. The lowest BCUT2D eigenvalue weighted by Gasteiger charge is -2.22. The molecule has 1 aromatic heterocycles. The molecule has 1 fully saturated rings. The minimum atomic E-state index is -0.287. The van der Waals surface area contributed by atoms with E-state index in [1.165, 1.54) is 24.5 Å². The highest BCUT2D eigenvalue weighted by Gasteiger charge is 2.23. The Kier molecular flexibility index (Phi) is 7.12. The van der Waals surface area contributed by atoms with Gasteiger partial charge in [0.2, 0.25) is 5.91 Å². The third-order valence-electron chi connectivity index (χ3n) is 5.53. The number of likely N-dealkylation sites (tertiary alicyclic amines) is 1. The number of rotatable bonds is 8. The van der Waals surface area contributed by atoms with Gasteiger partial charge >= 0.3 is 6.01 Å². The minimum absolute atomic E-state index is 0.171. The largest absolute Gasteiger partial charge is 0.463 e. The summed E-state index contributed by atoms with van der Waals surface area (Å²) < 4.78 is 5.68. The molecule has 3 N–H and O–H groups in total. The first-order chi connectivity index (χ1) is 15.5. The van der Waals surface area contributed by atoms with E-state index in [0.717, 1.165) is 38.0 Å². The number of carbonyl (C=O) groups is 1. The summed E-state index contributed by atoms with van der Waals surface area (Å²) >= 11 is 6.44. The summed E-state index contributed by atoms with van der Waals surface area (Å²) in [7, 11) is 0. The van der Waals surface area contributed by atoms with Crippen LogP contribution in [0.3, 0.4) is 0 Å². The highest BCUT2D eigenvalue weighted by atomic mass is 35.5. The van der Waals surface area contributed by atoms with E-state index >= 15 is 0 Å². The maximum atomic E-state index is 12.2. The van der Waals surface area contributed by atoms with E-state index in [9.17, 15) is 4.79 Å². The van der Waals surface area contributed by atoms with Crippen LogP contribution in [0.15, 0.2) is 30.5 Å². The Morgan fingerprint density at radius 1 is 1.16 bits per heavy atom. The van der Waals surface area contributed by atoms with E-state index in [1.54, 1.807) is 6.20 Å². The first kappa shape index (κ1) is 22.4. The summed E-state index contributed by atoms with van der Waals surface area (Å²) in [6.07, 6.45) is 7.53. The fourth-order valence-corrected chi connectivity index (χ4v) is 4.24. The molecule has 0 saturated carbocycles. The van der Waals surface area contributed by atoms with Crippen LogP contribution in [0.4, 0.5) is 17.3 Å². The maximum Gasteiger partial charge on any atom is 0.320 e. The Morgan fingerprint density at radius 3 is 2.66 bits per heavy atom. The van der Waals surface area contributed by atoms with Crippen LogP contribution in [0.1, 0.15) is 43.7 Å². The van der Waals surface area contributed by atoms with Gasteiger partial charge in [-0.3, -0.25) is 9.69 Å². The summed E-state index contributed by atoms with van der Waals surface area (Å²) in [4.78, 5) is 25.3. The average molecular weight is 457 g/mol. The SMILES string of the molecule is CCCCOc1nc(N)c2c(n1)N(Cc1cc(Cl)cc(CN3CCCC3)c1)C=CC(=O)N2. The lowest BCUT2D eigenvalue weighted by molar-refractivity contribution is -0.111. The molecule has 1 saturated heterocycles. The first-order valence-corrected chi connectivity index (χ1v) is 11.5. The van der Waals surface area contributed by atoms with Crippen molar-refractivity contribution in [1.29, 1.82) is 0 Å². The zero-order valence-electron chi connectivity index (χ0n) is 18.3. The fourth-order valence-electron chi connectivity index (χ4n) is 3.96. The number of nitrogens with two attached hydrogens (primary N) is 1. The molecule has 2 aliphatic rings. The van der Waals surface area contributed by atoms with Crippen LogP contribution >= 0.6 is 11.6 Å². The lowest BCUT2D eigenvalue weighted by Crippen LogP contribution is -2.20. The Morgan fingerprint density at radius 2 is 1.91 bits per heavy atom. The van der Waals surface area contributed by atoms with Crippen molar-refractivity contribution in [2.45, 2.75) is 45.7 Å². The molecule has 2 aliphatic heterocycles. The number of nitrogen functional groups attached to an aromatic ring is 1. The van der Waals surface area contributed by atoms with E-state index in [2.05, 4.69) is 33.2 Å². The third-order valence-corrected chi connectivity index (χ3v) is 5.75. The number of hydrogen-bond donors (Lipinski definition) is 2. The molecule has 0 bridgehead atoms. The molecule has 0 spiro atoms. The van der Waals surface area contributed by atoms with Gasteiger partial charge in [0.15, 0.2) is 11.6 Å². The average Bonchev–Trinajstić information content (AvgIpc) is 3.20. The van der Waals surface area contributed by atoms with Gasteiger partial charge in [0.1, 0.15) is 5.69 Å². The number of anilines is 3. The molecule has 0 atom stereocenters. The van der Waals surface area contributed by atoms with Crippen molar-refractivity contribution in [2.75, 3.05) is 35.6 Å². The van der Waals surface area contributed by atoms with Gasteiger partial charge < -0.3 is 20.7 Å². The predicted molar refractivity (Wildman–Crippen MR) is 127 cm³/mol. The van der Waals surface area contributed by atoms with E-state index in [1.807, 2.05) is 17.0 Å². The summed E-state index contributed by atoms with van der Waals surface area (Å²) in [5, 5.41) is 3.46. The Balaban J connectivity index is 1.61. The molecule has 0 aliphatic carbocycles. The van der Waals surface area contributed by atoms with E-state index in [0.29, 0.717) is 29.7 Å². The molecule has 4 rings (SSSR count). The molecular weight excluding hydrogens is 428 g/mol.